The number of nitrogens with two attached hydrogens (primary N) is 1. The number of amidine groups is 1. The lowest BCUT2D eigenvalue weighted by Crippen LogP contribution is -2.12. The summed E-state index contributed by atoms with van der Waals surface area (Å²) < 4.78 is 75.7. The molecule has 0 fully saturated rings. The Morgan fingerprint density at radius 3 is 2.24 bits per heavy atom. The molecule has 0 radical (unpaired) electrons. The van der Waals surface area contributed by atoms with Crippen molar-refractivity contribution in [3.63, 3.8) is 0 Å². The van der Waals surface area contributed by atoms with Gasteiger partial charge in [-0.05, 0) is 24.5 Å². The molecule has 0 spiro atoms. The normalized spacial score (nSPS) is 14.0. The molecule has 2 N–H and O–H groups in total. The number of halogens is 6. The van der Waals surface area contributed by atoms with E-state index < -0.39 is 29.0 Å². The second kappa shape index (κ2) is 6.37. The van der Waals surface area contributed by atoms with Gasteiger partial charge in [0.2, 0.25) is 0 Å². The van der Waals surface area contributed by atoms with Gasteiger partial charge in [0, 0.05) is 5.56 Å². The van der Waals surface area contributed by atoms with Crippen molar-refractivity contribution in [2.45, 2.75) is 12.4 Å². The van der Waals surface area contributed by atoms with Gasteiger partial charge < -0.3 is 5.73 Å². The third kappa shape index (κ3) is 4.96. The minimum atomic E-state index is -4.81. The van der Waals surface area contributed by atoms with Crippen LogP contribution in [0.3, 0.4) is 0 Å². The van der Waals surface area contributed by atoms with Crippen molar-refractivity contribution in [2.24, 2.45) is 15.9 Å². The van der Waals surface area contributed by atoms with Crippen LogP contribution in [-0.4, -0.2) is 17.6 Å². The van der Waals surface area contributed by atoms with Crippen LogP contribution < -0.4 is 5.73 Å². The van der Waals surface area contributed by atoms with Gasteiger partial charge in [-0.15, -0.1) is 5.10 Å². The topological polar surface area (TPSA) is 50.7 Å². The molecule has 0 amide bonds. The Morgan fingerprint density at radius 1 is 1.14 bits per heavy atom. The van der Waals surface area contributed by atoms with Crippen molar-refractivity contribution in [3.8, 4) is 0 Å². The molecule has 0 aliphatic heterocycles. The van der Waals surface area contributed by atoms with E-state index in [4.69, 9.17) is 5.73 Å². The van der Waals surface area contributed by atoms with Crippen LogP contribution >= 0.6 is 11.8 Å². The molecule has 116 valence electrons. The third-order valence-electron chi connectivity index (χ3n) is 2.25. The lowest BCUT2D eigenvalue weighted by Gasteiger charge is -2.13. The monoisotopic (exact) mass is 329 g/mol. The highest BCUT2D eigenvalue weighted by Gasteiger charge is 2.36. The molecule has 10 heteroatoms. The molecule has 0 aliphatic carbocycles. The second-order valence-electron chi connectivity index (χ2n) is 3.68. The summed E-state index contributed by atoms with van der Waals surface area (Å²) in [6.07, 6.45) is -7.42. The van der Waals surface area contributed by atoms with Crippen molar-refractivity contribution in [1.82, 2.24) is 0 Å². The number of thioether (sulfide) groups is 1. The fourth-order valence-electron chi connectivity index (χ4n) is 1.29. The number of alkyl halides is 6. The molecule has 0 aliphatic rings. The molecule has 1 aromatic rings. The Balaban J connectivity index is 3.30. The van der Waals surface area contributed by atoms with E-state index in [9.17, 15) is 26.3 Å². The number of nitrogens with zero attached hydrogens (tertiary/aromatic N) is 2. The largest absolute Gasteiger partial charge is 0.417 e. The molecule has 1 rings (SSSR count). The Kier molecular flexibility index (Phi) is 5.26. The fraction of sp³-hybridized carbons (Fsp3) is 0.273. The molecule has 0 saturated carbocycles. The van der Waals surface area contributed by atoms with Crippen molar-refractivity contribution >= 4 is 23.1 Å². The molecule has 0 unspecified atom stereocenters. The van der Waals surface area contributed by atoms with Crippen molar-refractivity contribution in [2.75, 3.05) is 6.26 Å². The van der Waals surface area contributed by atoms with Gasteiger partial charge in [0.25, 0.3) is 0 Å². The summed E-state index contributed by atoms with van der Waals surface area (Å²) in [5.74, 6) is 0. The number of rotatable bonds is 2. The van der Waals surface area contributed by atoms with Gasteiger partial charge in [0.05, 0.1) is 17.3 Å². The summed E-state index contributed by atoms with van der Waals surface area (Å²) in [5, 5.41) is 6.56. The van der Waals surface area contributed by atoms with Crippen LogP contribution in [0.25, 0.3) is 0 Å². The molecule has 0 heterocycles. The summed E-state index contributed by atoms with van der Waals surface area (Å²) in [6, 6.07) is 1.07. The quantitative estimate of drug-likeness (QED) is 0.389. The molecule has 21 heavy (non-hydrogen) atoms. The first kappa shape index (κ1) is 17.3. The zero-order chi connectivity index (χ0) is 16.3. The van der Waals surface area contributed by atoms with E-state index in [1.807, 2.05) is 0 Å². The van der Waals surface area contributed by atoms with E-state index in [2.05, 4.69) is 10.2 Å². The maximum atomic E-state index is 12.7. The van der Waals surface area contributed by atoms with Crippen molar-refractivity contribution in [1.29, 1.82) is 0 Å². The van der Waals surface area contributed by atoms with Crippen LogP contribution in [0.1, 0.15) is 16.7 Å². The molecular weight excluding hydrogens is 320 g/mol. The molecule has 0 bridgehead atoms. The highest BCUT2D eigenvalue weighted by atomic mass is 32.2. The highest BCUT2D eigenvalue weighted by Crippen LogP contribution is 2.35. The van der Waals surface area contributed by atoms with Crippen LogP contribution in [0.5, 0.6) is 0 Å². The standard InChI is InChI=1S/C11H9F6N3S/c1-21-9(18)20-19-5-6-4-7(10(12,13)14)2-3-8(6)11(15,16)17/h2-5H,1H3,(H2,18,20)/b19-5+. The van der Waals surface area contributed by atoms with E-state index in [1.165, 1.54) is 0 Å². The zero-order valence-corrected chi connectivity index (χ0v) is 11.3. The van der Waals surface area contributed by atoms with E-state index in [0.29, 0.717) is 24.4 Å². The number of benzene rings is 1. The van der Waals surface area contributed by atoms with Gasteiger partial charge >= 0.3 is 12.4 Å². The van der Waals surface area contributed by atoms with Crippen LogP contribution in [0.15, 0.2) is 28.4 Å². The Labute approximate surface area is 119 Å². The van der Waals surface area contributed by atoms with Crippen LogP contribution in [0.4, 0.5) is 26.3 Å². The lowest BCUT2D eigenvalue weighted by molar-refractivity contribution is -0.141. The summed E-state index contributed by atoms with van der Waals surface area (Å²) in [5.41, 5.74) is 2.07. The first-order valence-corrected chi connectivity index (χ1v) is 6.47. The minimum Gasteiger partial charge on any atom is -0.377 e. The van der Waals surface area contributed by atoms with Gasteiger partial charge in [-0.1, -0.05) is 11.8 Å². The molecule has 0 aromatic heterocycles. The Bertz CT molecular complexity index is 562. The van der Waals surface area contributed by atoms with Gasteiger partial charge in [-0.3, -0.25) is 0 Å². The predicted molar refractivity (Wildman–Crippen MR) is 69.2 cm³/mol. The van der Waals surface area contributed by atoms with E-state index in [-0.39, 0.29) is 5.17 Å². The van der Waals surface area contributed by atoms with E-state index >= 15 is 0 Å². The van der Waals surface area contributed by atoms with Crippen molar-refractivity contribution in [3.05, 3.63) is 34.9 Å². The fourth-order valence-corrected chi connectivity index (χ4v) is 1.42. The summed E-state index contributed by atoms with van der Waals surface area (Å²) in [6.45, 7) is 0. The smallest absolute Gasteiger partial charge is 0.377 e. The first-order valence-electron chi connectivity index (χ1n) is 5.24. The van der Waals surface area contributed by atoms with Gasteiger partial charge in [-0.25, -0.2) is 0 Å². The maximum absolute atomic E-state index is 12.7. The molecule has 3 nitrogen and oxygen atoms in total. The summed E-state index contributed by atoms with van der Waals surface area (Å²) >= 11 is 0.989. The second-order valence-corrected chi connectivity index (χ2v) is 4.51. The average Bonchev–Trinajstić information content (AvgIpc) is 2.36. The summed E-state index contributed by atoms with van der Waals surface area (Å²) in [7, 11) is 0. The Hall–Kier alpha value is -1.71. The number of hydrogen-bond acceptors (Lipinski definition) is 3. The van der Waals surface area contributed by atoms with Gasteiger partial charge in [0.1, 0.15) is 0 Å². The Morgan fingerprint density at radius 2 is 1.76 bits per heavy atom. The lowest BCUT2D eigenvalue weighted by atomic mass is 10.0. The molecule has 0 atom stereocenters. The third-order valence-corrected chi connectivity index (χ3v) is 2.75. The molecule has 0 saturated heterocycles. The highest BCUT2D eigenvalue weighted by molar-refractivity contribution is 8.13. The summed E-state index contributed by atoms with van der Waals surface area (Å²) in [4.78, 5) is 0. The zero-order valence-electron chi connectivity index (χ0n) is 10.5. The van der Waals surface area contributed by atoms with Crippen LogP contribution in [-0.2, 0) is 12.4 Å². The maximum Gasteiger partial charge on any atom is 0.417 e. The van der Waals surface area contributed by atoms with Crippen LogP contribution in [0.2, 0.25) is 0 Å². The van der Waals surface area contributed by atoms with Crippen LogP contribution in [0, 0.1) is 0 Å². The average molecular weight is 329 g/mol. The van der Waals surface area contributed by atoms with E-state index in [0.717, 1.165) is 11.8 Å². The van der Waals surface area contributed by atoms with Gasteiger partial charge in [0.15, 0.2) is 5.17 Å². The molecule has 1 aromatic carbocycles. The minimum absolute atomic E-state index is 0.0354. The first-order chi connectivity index (χ1) is 9.55. The van der Waals surface area contributed by atoms with E-state index in [1.54, 1.807) is 6.26 Å². The predicted octanol–water partition coefficient (Wildman–Crippen LogP) is 3.74. The number of hydrogen-bond donors (Lipinski definition) is 1. The van der Waals surface area contributed by atoms with Gasteiger partial charge in [-0.2, -0.15) is 31.4 Å². The SMILES string of the molecule is CS/C(N)=N/N=C/c1cc(C(F)(F)F)ccc1C(F)(F)F. The van der Waals surface area contributed by atoms with Crippen molar-refractivity contribution < 1.29 is 26.3 Å². The molecular formula is C11H9F6N3S.